The van der Waals surface area contributed by atoms with Crippen LogP contribution in [0.1, 0.15) is 36.2 Å². The molecule has 1 rings (SSSR count). The first-order chi connectivity index (χ1) is 8.59. The molecule has 1 N–H and O–H groups in total. The molecule has 0 atom stereocenters. The summed E-state index contributed by atoms with van der Waals surface area (Å²) in [5, 5.41) is 3.26. The van der Waals surface area contributed by atoms with Crippen molar-refractivity contribution >= 4 is 5.97 Å². The van der Waals surface area contributed by atoms with Gasteiger partial charge in [0.15, 0.2) is 0 Å². The van der Waals surface area contributed by atoms with Gasteiger partial charge in [0, 0.05) is 6.54 Å². The van der Waals surface area contributed by atoms with E-state index in [1.165, 1.54) is 0 Å². The Morgan fingerprint density at radius 3 is 2.78 bits per heavy atom. The smallest absolute Gasteiger partial charge is 0.338 e. The van der Waals surface area contributed by atoms with Gasteiger partial charge in [0.2, 0.25) is 0 Å². The summed E-state index contributed by atoms with van der Waals surface area (Å²) in [6.07, 6.45) is 1.14. The molecule has 0 aliphatic rings. The second-order valence-electron chi connectivity index (χ2n) is 4.94. The molecule has 0 amide bonds. The predicted molar refractivity (Wildman–Crippen MR) is 73.8 cm³/mol. The molecule has 0 heterocycles. The van der Waals surface area contributed by atoms with Crippen LogP contribution in [0, 0.1) is 12.8 Å². The number of esters is 1. The molecular formula is C15H23NO2. The third-order valence-corrected chi connectivity index (χ3v) is 2.66. The fourth-order valence-electron chi connectivity index (χ4n) is 1.59. The van der Waals surface area contributed by atoms with Crippen molar-refractivity contribution in [3.63, 3.8) is 0 Å². The lowest BCUT2D eigenvalue weighted by Gasteiger charge is -2.08. The summed E-state index contributed by atoms with van der Waals surface area (Å²) in [5.41, 5.74) is 1.69. The molecule has 0 saturated carbocycles. The van der Waals surface area contributed by atoms with Gasteiger partial charge in [0.1, 0.15) is 6.61 Å². The quantitative estimate of drug-likeness (QED) is 0.596. The molecule has 100 valence electrons. The van der Waals surface area contributed by atoms with E-state index >= 15 is 0 Å². The average Bonchev–Trinajstić information content (AvgIpc) is 2.33. The van der Waals surface area contributed by atoms with Gasteiger partial charge in [-0.1, -0.05) is 31.5 Å². The Morgan fingerprint density at radius 2 is 2.11 bits per heavy atom. The molecule has 0 saturated heterocycles. The number of hydrogen-bond acceptors (Lipinski definition) is 3. The summed E-state index contributed by atoms with van der Waals surface area (Å²) in [6.45, 7) is 8.46. The van der Waals surface area contributed by atoms with Crippen LogP contribution in [0.15, 0.2) is 24.3 Å². The molecule has 0 spiro atoms. The maximum Gasteiger partial charge on any atom is 0.338 e. The van der Waals surface area contributed by atoms with Crippen LogP contribution in [0.5, 0.6) is 0 Å². The SMILES string of the molecule is Cc1cccc(C(=O)OCCNCCC(C)C)c1. The second kappa shape index (κ2) is 7.88. The normalized spacial score (nSPS) is 10.7. The van der Waals surface area contributed by atoms with Crippen molar-refractivity contribution in [3.05, 3.63) is 35.4 Å². The zero-order chi connectivity index (χ0) is 13.4. The van der Waals surface area contributed by atoms with Crippen molar-refractivity contribution in [2.24, 2.45) is 5.92 Å². The minimum Gasteiger partial charge on any atom is -0.461 e. The highest BCUT2D eigenvalue weighted by atomic mass is 16.5. The van der Waals surface area contributed by atoms with Gasteiger partial charge in [-0.05, 0) is 37.9 Å². The highest BCUT2D eigenvalue weighted by molar-refractivity contribution is 5.89. The molecule has 0 radical (unpaired) electrons. The first-order valence-corrected chi connectivity index (χ1v) is 6.54. The number of nitrogens with one attached hydrogen (secondary N) is 1. The van der Waals surface area contributed by atoms with Crippen LogP contribution in [0.4, 0.5) is 0 Å². The van der Waals surface area contributed by atoms with E-state index in [1.807, 2.05) is 25.1 Å². The first-order valence-electron chi connectivity index (χ1n) is 6.54. The largest absolute Gasteiger partial charge is 0.461 e. The zero-order valence-corrected chi connectivity index (χ0v) is 11.5. The fraction of sp³-hybridized carbons (Fsp3) is 0.533. The maximum atomic E-state index is 11.7. The van der Waals surface area contributed by atoms with Crippen molar-refractivity contribution in [1.82, 2.24) is 5.32 Å². The molecule has 18 heavy (non-hydrogen) atoms. The van der Waals surface area contributed by atoms with Gasteiger partial charge in [-0.3, -0.25) is 0 Å². The van der Waals surface area contributed by atoms with Crippen molar-refractivity contribution in [1.29, 1.82) is 0 Å². The summed E-state index contributed by atoms with van der Waals surface area (Å²) in [6, 6.07) is 7.45. The Hall–Kier alpha value is -1.35. The topological polar surface area (TPSA) is 38.3 Å². The summed E-state index contributed by atoms with van der Waals surface area (Å²) in [4.78, 5) is 11.7. The predicted octanol–water partition coefficient (Wildman–Crippen LogP) is 2.79. The van der Waals surface area contributed by atoms with Crippen LogP contribution in [-0.2, 0) is 4.74 Å². The highest BCUT2D eigenvalue weighted by Crippen LogP contribution is 2.05. The van der Waals surface area contributed by atoms with Crippen molar-refractivity contribution in [2.75, 3.05) is 19.7 Å². The molecule has 3 nitrogen and oxygen atoms in total. The monoisotopic (exact) mass is 249 g/mol. The molecule has 0 fully saturated rings. The van der Waals surface area contributed by atoms with Gasteiger partial charge in [-0.25, -0.2) is 4.79 Å². The second-order valence-corrected chi connectivity index (χ2v) is 4.94. The van der Waals surface area contributed by atoms with E-state index in [9.17, 15) is 4.79 Å². The molecular weight excluding hydrogens is 226 g/mol. The van der Waals surface area contributed by atoms with E-state index in [2.05, 4.69) is 19.2 Å². The van der Waals surface area contributed by atoms with E-state index in [4.69, 9.17) is 4.74 Å². The van der Waals surface area contributed by atoms with E-state index < -0.39 is 0 Å². The molecule has 1 aromatic rings. The Labute approximate surface area is 110 Å². The molecule has 1 aromatic carbocycles. The number of rotatable bonds is 7. The van der Waals surface area contributed by atoms with Crippen molar-refractivity contribution in [2.45, 2.75) is 27.2 Å². The van der Waals surface area contributed by atoms with Crippen LogP contribution >= 0.6 is 0 Å². The first kappa shape index (κ1) is 14.7. The van der Waals surface area contributed by atoms with Gasteiger partial charge < -0.3 is 10.1 Å². The van der Waals surface area contributed by atoms with E-state index in [1.54, 1.807) is 6.07 Å². The van der Waals surface area contributed by atoms with Gasteiger partial charge in [0.25, 0.3) is 0 Å². The lowest BCUT2D eigenvalue weighted by Crippen LogP contribution is -2.23. The minimum atomic E-state index is -0.246. The Bertz CT molecular complexity index is 375. The maximum absolute atomic E-state index is 11.7. The van der Waals surface area contributed by atoms with Crippen LogP contribution in [0.25, 0.3) is 0 Å². The number of benzene rings is 1. The molecule has 0 bridgehead atoms. The molecule has 0 aliphatic heterocycles. The van der Waals surface area contributed by atoms with Crippen LogP contribution in [0.2, 0.25) is 0 Å². The Morgan fingerprint density at radius 1 is 1.33 bits per heavy atom. The van der Waals surface area contributed by atoms with E-state index in [-0.39, 0.29) is 5.97 Å². The Balaban J connectivity index is 2.18. The van der Waals surface area contributed by atoms with Gasteiger partial charge >= 0.3 is 5.97 Å². The fourth-order valence-corrected chi connectivity index (χ4v) is 1.59. The van der Waals surface area contributed by atoms with E-state index in [0.29, 0.717) is 24.6 Å². The van der Waals surface area contributed by atoms with Gasteiger partial charge in [-0.15, -0.1) is 0 Å². The van der Waals surface area contributed by atoms with Crippen LogP contribution in [0.3, 0.4) is 0 Å². The third-order valence-electron chi connectivity index (χ3n) is 2.66. The number of carbonyl (C=O) groups excluding carboxylic acids is 1. The number of ether oxygens (including phenoxy) is 1. The summed E-state index contributed by atoms with van der Waals surface area (Å²) >= 11 is 0. The van der Waals surface area contributed by atoms with Crippen LogP contribution in [-0.4, -0.2) is 25.7 Å². The standard InChI is InChI=1S/C15H23NO2/c1-12(2)7-8-16-9-10-18-15(17)14-6-4-5-13(3)11-14/h4-6,11-12,16H,7-10H2,1-3H3. The summed E-state index contributed by atoms with van der Waals surface area (Å²) in [5.74, 6) is 0.455. The number of aryl methyl sites for hydroxylation is 1. The lowest BCUT2D eigenvalue weighted by atomic mass is 10.1. The molecule has 3 heteroatoms. The summed E-state index contributed by atoms with van der Waals surface area (Å²) in [7, 11) is 0. The molecule has 0 aliphatic carbocycles. The lowest BCUT2D eigenvalue weighted by molar-refractivity contribution is 0.0508. The number of carbonyl (C=O) groups is 1. The van der Waals surface area contributed by atoms with Crippen molar-refractivity contribution in [3.8, 4) is 0 Å². The van der Waals surface area contributed by atoms with Gasteiger partial charge in [-0.2, -0.15) is 0 Å². The number of hydrogen-bond donors (Lipinski definition) is 1. The highest BCUT2D eigenvalue weighted by Gasteiger charge is 2.06. The molecule has 0 aromatic heterocycles. The van der Waals surface area contributed by atoms with Crippen LogP contribution < -0.4 is 5.32 Å². The summed E-state index contributed by atoms with van der Waals surface area (Å²) < 4.78 is 5.19. The zero-order valence-electron chi connectivity index (χ0n) is 11.5. The van der Waals surface area contributed by atoms with E-state index in [0.717, 1.165) is 18.5 Å². The van der Waals surface area contributed by atoms with Gasteiger partial charge in [0.05, 0.1) is 5.56 Å². The third kappa shape index (κ3) is 5.82. The average molecular weight is 249 g/mol. The molecule has 0 unspecified atom stereocenters. The Kier molecular flexibility index (Phi) is 6.44. The van der Waals surface area contributed by atoms with Crippen molar-refractivity contribution < 1.29 is 9.53 Å². The minimum absolute atomic E-state index is 0.246.